The van der Waals surface area contributed by atoms with Crippen LogP contribution in [0.15, 0.2) is 60.7 Å². The monoisotopic (exact) mass is 461 g/mol. The fourth-order valence-electron chi connectivity index (χ4n) is 3.30. The molecule has 0 radical (unpaired) electrons. The molecule has 0 spiro atoms. The maximum absolute atomic E-state index is 12.5. The van der Waals surface area contributed by atoms with E-state index in [2.05, 4.69) is 38.9 Å². The molecular formula is C25H27N5O4. The van der Waals surface area contributed by atoms with Crippen molar-refractivity contribution < 1.29 is 19.0 Å². The number of rotatable bonds is 10. The van der Waals surface area contributed by atoms with E-state index in [0.29, 0.717) is 29.6 Å². The van der Waals surface area contributed by atoms with Crippen molar-refractivity contribution in [3.05, 3.63) is 72.1 Å². The van der Waals surface area contributed by atoms with Gasteiger partial charge >= 0.3 is 0 Å². The second-order valence-electron chi connectivity index (χ2n) is 7.64. The lowest BCUT2D eigenvalue weighted by atomic mass is 10.2. The lowest BCUT2D eigenvalue weighted by molar-refractivity contribution is -0.111. The van der Waals surface area contributed by atoms with E-state index in [9.17, 15) is 4.79 Å². The largest absolute Gasteiger partial charge is 0.490 e. The number of carbonyl (C=O) groups excluding carboxylic acids is 1. The lowest BCUT2D eigenvalue weighted by Gasteiger charge is -2.26. The number of benzene rings is 2. The van der Waals surface area contributed by atoms with Crippen molar-refractivity contribution in [2.45, 2.75) is 32.3 Å². The summed E-state index contributed by atoms with van der Waals surface area (Å²) in [6.07, 6.45) is 10.3. The maximum Gasteiger partial charge on any atom is 0.248 e. The molecule has 1 aromatic heterocycles. The Morgan fingerprint density at radius 1 is 1.24 bits per heavy atom. The van der Waals surface area contributed by atoms with Gasteiger partial charge in [-0.3, -0.25) is 4.79 Å². The van der Waals surface area contributed by atoms with Crippen molar-refractivity contribution in [3.8, 4) is 17.2 Å². The third kappa shape index (κ3) is 6.22. The zero-order chi connectivity index (χ0) is 23.6. The minimum atomic E-state index is -0.521. The number of carbonyl (C=O) groups is 1. The number of para-hydroxylation sites is 1. The third-order valence-electron chi connectivity index (χ3n) is 5.08. The summed E-state index contributed by atoms with van der Waals surface area (Å²) in [7, 11) is 0. The van der Waals surface area contributed by atoms with Crippen molar-refractivity contribution in [1.29, 1.82) is 0 Å². The van der Waals surface area contributed by atoms with E-state index in [0.717, 1.165) is 17.7 Å². The molecule has 1 unspecified atom stereocenters. The average molecular weight is 462 g/mol. The van der Waals surface area contributed by atoms with Gasteiger partial charge in [-0.25, -0.2) is 0 Å². The van der Waals surface area contributed by atoms with Crippen molar-refractivity contribution in [2.24, 2.45) is 0 Å². The number of amides is 1. The maximum atomic E-state index is 12.5. The van der Waals surface area contributed by atoms with Crippen LogP contribution in [0, 0.1) is 0 Å². The van der Waals surface area contributed by atoms with E-state index < -0.39 is 6.10 Å². The zero-order valence-corrected chi connectivity index (χ0v) is 18.9. The predicted molar refractivity (Wildman–Crippen MR) is 128 cm³/mol. The molecule has 0 bridgehead atoms. The molecule has 2 N–H and O–H groups in total. The van der Waals surface area contributed by atoms with Gasteiger partial charge in [0.25, 0.3) is 0 Å². The Balaban J connectivity index is 1.32. The molecule has 9 nitrogen and oxygen atoms in total. The topological polar surface area (TPSA) is 111 Å². The number of nitrogens with zero attached hydrogens (tertiary/aromatic N) is 3. The summed E-state index contributed by atoms with van der Waals surface area (Å²) in [5.74, 6) is 1.83. The number of aromatic amines is 1. The number of nitrogens with one attached hydrogen (secondary N) is 2. The van der Waals surface area contributed by atoms with E-state index in [1.807, 2.05) is 30.3 Å². The highest BCUT2D eigenvalue weighted by molar-refractivity contribution is 6.03. The Labute approximate surface area is 197 Å². The van der Waals surface area contributed by atoms with E-state index >= 15 is 0 Å². The van der Waals surface area contributed by atoms with Gasteiger partial charge in [0.05, 0.1) is 5.69 Å². The van der Waals surface area contributed by atoms with Gasteiger partial charge in [-0.05, 0) is 42.3 Å². The number of aromatic nitrogens is 4. The Morgan fingerprint density at radius 2 is 2.12 bits per heavy atom. The molecule has 0 saturated carbocycles. The predicted octanol–water partition coefficient (Wildman–Crippen LogP) is 4.49. The first-order chi connectivity index (χ1) is 16.7. The number of H-pyrrole nitrogens is 1. The molecule has 2 heterocycles. The molecule has 0 aliphatic carbocycles. The highest BCUT2D eigenvalue weighted by Gasteiger charge is 2.28. The molecule has 34 heavy (non-hydrogen) atoms. The van der Waals surface area contributed by atoms with Crippen LogP contribution >= 0.6 is 0 Å². The van der Waals surface area contributed by atoms with Crippen LogP contribution in [0.1, 0.15) is 43.7 Å². The molecule has 2 aromatic carbocycles. The Kier molecular flexibility index (Phi) is 7.89. The van der Waals surface area contributed by atoms with E-state index in [-0.39, 0.29) is 12.5 Å². The van der Waals surface area contributed by atoms with Crippen LogP contribution in [0.2, 0.25) is 0 Å². The Bertz CT molecular complexity index is 1130. The number of tetrazole rings is 1. The lowest BCUT2D eigenvalue weighted by Crippen LogP contribution is -2.24. The van der Waals surface area contributed by atoms with Crippen LogP contribution in [0.3, 0.4) is 0 Å². The van der Waals surface area contributed by atoms with Gasteiger partial charge in [0.2, 0.25) is 11.7 Å². The average Bonchev–Trinajstić information content (AvgIpc) is 3.41. The van der Waals surface area contributed by atoms with Crippen LogP contribution < -0.4 is 19.5 Å². The van der Waals surface area contributed by atoms with Gasteiger partial charge in [-0.15, -0.1) is 10.2 Å². The van der Waals surface area contributed by atoms with Crippen LogP contribution in [0.5, 0.6) is 17.2 Å². The van der Waals surface area contributed by atoms with Gasteiger partial charge in [0.1, 0.15) is 19.0 Å². The van der Waals surface area contributed by atoms with Crippen LogP contribution in [0.4, 0.5) is 5.69 Å². The number of hydrogen-bond acceptors (Lipinski definition) is 7. The molecule has 176 valence electrons. The van der Waals surface area contributed by atoms with Crippen molar-refractivity contribution in [2.75, 3.05) is 18.5 Å². The fourth-order valence-corrected chi connectivity index (χ4v) is 3.30. The highest BCUT2D eigenvalue weighted by atomic mass is 16.6. The van der Waals surface area contributed by atoms with E-state index in [1.54, 1.807) is 24.3 Å². The zero-order valence-electron chi connectivity index (χ0n) is 18.9. The molecule has 1 aliphatic rings. The fraction of sp³-hybridized carbons (Fsp3) is 0.280. The normalized spacial score (nSPS) is 15.0. The first-order valence-electron chi connectivity index (χ1n) is 11.3. The number of ether oxygens (including phenoxy) is 3. The number of hydrogen-bond donors (Lipinski definition) is 2. The quantitative estimate of drug-likeness (QED) is 0.260. The summed E-state index contributed by atoms with van der Waals surface area (Å²) in [4.78, 5) is 12.5. The molecule has 9 heteroatoms. The molecule has 4 rings (SSSR count). The van der Waals surface area contributed by atoms with Crippen molar-refractivity contribution >= 4 is 17.7 Å². The molecule has 1 atom stereocenters. The standard InChI is InChI=1S/C25H27N5O4/c1-2-3-4-5-6-16-32-19-13-10-18(11-14-19)12-15-23(31)26-20-8-7-9-21-24(20)34-22(17-33-21)25-27-29-30-28-25/h5-15,22H,2-4,16-17H2,1H3,(H,26,31)(H,27,28,29,30)/b6-5+,15-12?. The van der Waals surface area contributed by atoms with Gasteiger partial charge < -0.3 is 19.5 Å². The summed E-state index contributed by atoms with van der Waals surface area (Å²) < 4.78 is 17.4. The molecule has 1 amide bonds. The Morgan fingerprint density at radius 3 is 2.91 bits per heavy atom. The number of unbranched alkanes of at least 4 members (excludes halogenated alkanes) is 2. The molecule has 3 aromatic rings. The SMILES string of the molecule is CCCC/C=C/COc1ccc(C=CC(=O)Nc2cccc3c2OC(c2nn[nH]n2)CO3)cc1. The van der Waals surface area contributed by atoms with Gasteiger partial charge in [-0.1, -0.05) is 55.3 Å². The highest BCUT2D eigenvalue weighted by Crippen LogP contribution is 2.41. The van der Waals surface area contributed by atoms with Crippen LogP contribution in [0.25, 0.3) is 6.08 Å². The van der Waals surface area contributed by atoms with Gasteiger partial charge in [-0.2, -0.15) is 5.21 Å². The summed E-state index contributed by atoms with van der Waals surface area (Å²) >= 11 is 0. The van der Waals surface area contributed by atoms with Gasteiger partial charge in [0.15, 0.2) is 17.6 Å². The number of allylic oxidation sites excluding steroid dienone is 1. The second-order valence-corrected chi connectivity index (χ2v) is 7.64. The molecular weight excluding hydrogens is 434 g/mol. The molecule has 0 fully saturated rings. The van der Waals surface area contributed by atoms with Crippen molar-refractivity contribution in [3.63, 3.8) is 0 Å². The molecule has 1 aliphatic heterocycles. The number of anilines is 1. The summed E-state index contributed by atoms with van der Waals surface area (Å²) in [6.45, 7) is 2.97. The van der Waals surface area contributed by atoms with Crippen molar-refractivity contribution in [1.82, 2.24) is 20.6 Å². The summed E-state index contributed by atoms with van der Waals surface area (Å²) in [6, 6.07) is 12.9. The minimum Gasteiger partial charge on any atom is -0.490 e. The van der Waals surface area contributed by atoms with E-state index in [4.69, 9.17) is 14.2 Å². The Hall–Kier alpha value is -4.14. The molecule has 0 saturated heterocycles. The third-order valence-corrected chi connectivity index (χ3v) is 5.08. The van der Waals surface area contributed by atoms with Crippen LogP contribution in [-0.4, -0.2) is 39.7 Å². The summed E-state index contributed by atoms with van der Waals surface area (Å²) in [5, 5.41) is 16.7. The minimum absolute atomic E-state index is 0.249. The first kappa shape index (κ1) is 23.0. The second kappa shape index (κ2) is 11.6. The smallest absolute Gasteiger partial charge is 0.248 e. The van der Waals surface area contributed by atoms with E-state index in [1.165, 1.54) is 18.9 Å². The number of fused-ring (bicyclic) bond motifs is 1. The van der Waals surface area contributed by atoms with Crippen LogP contribution in [-0.2, 0) is 4.79 Å². The van der Waals surface area contributed by atoms with Gasteiger partial charge in [0, 0.05) is 6.08 Å². The first-order valence-corrected chi connectivity index (χ1v) is 11.3. The summed E-state index contributed by atoms with van der Waals surface area (Å²) in [5.41, 5.74) is 1.38.